The molecule has 5 nitrogen and oxygen atoms in total. The molecule has 0 aliphatic rings. The van der Waals surface area contributed by atoms with Crippen molar-refractivity contribution in [1.29, 1.82) is 0 Å². The van der Waals surface area contributed by atoms with Gasteiger partial charge in [-0.05, 0) is 111 Å². The van der Waals surface area contributed by atoms with Crippen molar-refractivity contribution >= 4 is 21.8 Å². The van der Waals surface area contributed by atoms with Gasteiger partial charge >= 0.3 is 0 Å². The third kappa shape index (κ3) is 5.58. The molecule has 3 heterocycles. The van der Waals surface area contributed by atoms with E-state index in [2.05, 4.69) is 124 Å². The lowest BCUT2D eigenvalue weighted by atomic mass is 10.0. The average molecular weight is 605 g/mol. The Morgan fingerprint density at radius 3 is 2.35 bits per heavy atom. The summed E-state index contributed by atoms with van der Waals surface area (Å²) in [5.41, 5.74) is 11.3. The first-order valence-corrected chi connectivity index (χ1v) is 16.3. The minimum Gasteiger partial charge on any atom is -0.457 e. The van der Waals surface area contributed by atoms with Gasteiger partial charge in [0.25, 0.3) is 0 Å². The van der Waals surface area contributed by atoms with Crippen molar-refractivity contribution in [3.05, 3.63) is 131 Å². The lowest BCUT2D eigenvalue weighted by Gasteiger charge is -2.12. The van der Waals surface area contributed by atoms with Gasteiger partial charge in [-0.3, -0.25) is 4.57 Å². The number of benzene rings is 4. The Balaban J connectivity index is 1.30. The second kappa shape index (κ2) is 12.3. The van der Waals surface area contributed by atoms with Gasteiger partial charge in [-0.1, -0.05) is 56.2 Å². The minimum atomic E-state index is 0.776. The molecule has 0 saturated heterocycles. The van der Waals surface area contributed by atoms with E-state index in [0.29, 0.717) is 0 Å². The molecule has 7 rings (SSSR count). The van der Waals surface area contributed by atoms with Crippen LogP contribution in [0.15, 0.2) is 103 Å². The van der Waals surface area contributed by atoms with Gasteiger partial charge in [0.2, 0.25) is 0 Å². The zero-order valence-corrected chi connectivity index (χ0v) is 27.3. The molecule has 3 aromatic heterocycles. The molecule has 4 aromatic carbocycles. The fourth-order valence-corrected chi connectivity index (χ4v) is 6.70. The highest BCUT2D eigenvalue weighted by Gasteiger charge is 2.17. The largest absolute Gasteiger partial charge is 0.457 e. The first-order chi connectivity index (χ1) is 22.4. The van der Waals surface area contributed by atoms with Gasteiger partial charge in [0.05, 0.1) is 22.4 Å². The number of ether oxygens (including phenoxy) is 1. The Kier molecular flexibility index (Phi) is 7.91. The quantitative estimate of drug-likeness (QED) is 0.154. The van der Waals surface area contributed by atoms with Crippen LogP contribution in [0, 0.1) is 27.7 Å². The molecular weight excluding hydrogens is 564 g/mol. The van der Waals surface area contributed by atoms with E-state index < -0.39 is 0 Å². The fraction of sp³-hybridized carbons (Fsp3) is 0.220. The zero-order valence-electron chi connectivity index (χ0n) is 27.3. The lowest BCUT2D eigenvalue weighted by molar-refractivity contribution is 0.482. The van der Waals surface area contributed by atoms with Crippen molar-refractivity contribution < 1.29 is 4.74 Å². The maximum absolute atomic E-state index is 6.62. The molecule has 0 unspecified atom stereocenters. The molecular formula is C41H40N4O. The fourth-order valence-electron chi connectivity index (χ4n) is 6.70. The van der Waals surface area contributed by atoms with Crippen LogP contribution in [-0.2, 0) is 6.42 Å². The van der Waals surface area contributed by atoms with Crippen molar-refractivity contribution in [1.82, 2.24) is 19.3 Å². The summed E-state index contributed by atoms with van der Waals surface area (Å²) in [4.78, 5) is 4.79. The zero-order chi connectivity index (χ0) is 31.8. The first-order valence-electron chi connectivity index (χ1n) is 16.3. The van der Waals surface area contributed by atoms with E-state index >= 15 is 0 Å². The molecule has 0 N–H and O–H groups in total. The second-order valence-electron chi connectivity index (χ2n) is 12.4. The molecule has 0 spiro atoms. The number of rotatable bonds is 9. The molecule has 0 amide bonds. The molecule has 230 valence electrons. The molecule has 0 aliphatic carbocycles. The highest BCUT2D eigenvalue weighted by Crippen LogP contribution is 2.37. The average Bonchev–Trinajstić information content (AvgIpc) is 3.53. The molecule has 5 heteroatoms. The molecule has 0 aliphatic heterocycles. The predicted octanol–water partition coefficient (Wildman–Crippen LogP) is 10.8. The third-order valence-electron chi connectivity index (χ3n) is 8.87. The minimum absolute atomic E-state index is 0.776. The Hall–Kier alpha value is -5.16. The highest BCUT2D eigenvalue weighted by atomic mass is 16.5. The summed E-state index contributed by atoms with van der Waals surface area (Å²) in [6, 6.07) is 34.3. The van der Waals surface area contributed by atoms with Gasteiger partial charge in [-0.25, -0.2) is 9.67 Å². The van der Waals surface area contributed by atoms with Crippen LogP contribution in [0.3, 0.4) is 0 Å². The van der Waals surface area contributed by atoms with Gasteiger partial charge in [0.1, 0.15) is 17.3 Å². The van der Waals surface area contributed by atoms with Gasteiger partial charge in [0.15, 0.2) is 0 Å². The number of aromatic nitrogens is 4. The summed E-state index contributed by atoms with van der Waals surface area (Å²) >= 11 is 0. The number of aryl methyl sites for hydroxylation is 4. The summed E-state index contributed by atoms with van der Waals surface area (Å²) < 4.78 is 10.9. The monoisotopic (exact) mass is 604 g/mol. The van der Waals surface area contributed by atoms with E-state index in [1.165, 1.54) is 52.3 Å². The molecule has 0 fully saturated rings. The number of hydrogen-bond donors (Lipinski definition) is 0. The Morgan fingerprint density at radius 2 is 1.54 bits per heavy atom. The van der Waals surface area contributed by atoms with Gasteiger partial charge in [-0.15, -0.1) is 0 Å². The van der Waals surface area contributed by atoms with Crippen LogP contribution < -0.4 is 4.74 Å². The number of fused-ring (bicyclic) bond motifs is 3. The van der Waals surface area contributed by atoms with Crippen molar-refractivity contribution in [2.75, 3.05) is 0 Å². The van der Waals surface area contributed by atoms with Gasteiger partial charge in [-0.2, -0.15) is 5.10 Å². The number of unbranched alkanes of at least 4 members (excludes halogenated alkanes) is 2. The van der Waals surface area contributed by atoms with Crippen LogP contribution in [-0.4, -0.2) is 19.3 Å². The van der Waals surface area contributed by atoms with Crippen LogP contribution in [0.1, 0.15) is 54.3 Å². The van der Waals surface area contributed by atoms with Gasteiger partial charge < -0.3 is 4.74 Å². The molecule has 0 saturated carbocycles. The van der Waals surface area contributed by atoms with E-state index in [4.69, 9.17) is 14.8 Å². The van der Waals surface area contributed by atoms with Crippen molar-refractivity contribution in [2.24, 2.45) is 0 Å². The number of nitrogens with zero attached hydrogens (tertiary/aromatic N) is 4. The molecule has 7 aromatic rings. The standard InChI is InChI=1S/C41H40N4O/c1-6-7-9-12-31-15-18-38-37(24-31)36-17-16-34(26-39(36)44(38)40-23-27(2)19-20-42-40)46-35-22-28(3)21-33(25-35)45-30(5)41(29(4)43-45)32-13-10-8-11-14-32/h8,10-11,13-26H,6-7,9,12H2,1-5H3. The highest BCUT2D eigenvalue weighted by molar-refractivity contribution is 6.09. The SMILES string of the molecule is CCCCCc1ccc2c(c1)c1ccc(Oc3cc(C)cc(-n4nc(C)c(-c5ccccc5)c4C)c3)cc1n2-c1cc(C)ccn1. The second-order valence-corrected chi connectivity index (χ2v) is 12.4. The van der Waals surface area contributed by atoms with Crippen LogP contribution >= 0.6 is 0 Å². The number of hydrogen-bond acceptors (Lipinski definition) is 3. The van der Waals surface area contributed by atoms with Gasteiger partial charge in [0, 0.05) is 40.4 Å². The van der Waals surface area contributed by atoms with Crippen LogP contribution in [0.4, 0.5) is 0 Å². The van der Waals surface area contributed by atoms with E-state index in [1.807, 2.05) is 23.0 Å². The maximum Gasteiger partial charge on any atom is 0.137 e. The van der Waals surface area contributed by atoms with Crippen LogP contribution in [0.5, 0.6) is 11.5 Å². The Morgan fingerprint density at radius 1 is 0.696 bits per heavy atom. The van der Waals surface area contributed by atoms with Crippen molar-refractivity contribution in [2.45, 2.75) is 60.3 Å². The van der Waals surface area contributed by atoms with Crippen molar-refractivity contribution in [3.8, 4) is 34.1 Å². The summed E-state index contributed by atoms with van der Waals surface area (Å²) in [5.74, 6) is 2.47. The predicted molar refractivity (Wildman–Crippen MR) is 190 cm³/mol. The number of pyridine rings is 1. The van der Waals surface area contributed by atoms with E-state index in [9.17, 15) is 0 Å². The summed E-state index contributed by atoms with van der Waals surface area (Å²) in [5, 5.41) is 7.39. The molecule has 0 atom stereocenters. The molecule has 0 radical (unpaired) electrons. The molecule has 0 bridgehead atoms. The summed E-state index contributed by atoms with van der Waals surface area (Å²) in [6.45, 7) is 10.7. The smallest absolute Gasteiger partial charge is 0.137 e. The maximum atomic E-state index is 6.62. The summed E-state index contributed by atoms with van der Waals surface area (Å²) in [7, 11) is 0. The van der Waals surface area contributed by atoms with E-state index in [1.54, 1.807) is 0 Å². The topological polar surface area (TPSA) is 44.9 Å². The van der Waals surface area contributed by atoms with Crippen molar-refractivity contribution in [3.63, 3.8) is 0 Å². The van der Waals surface area contributed by atoms with E-state index in [0.717, 1.165) is 57.4 Å². The third-order valence-corrected chi connectivity index (χ3v) is 8.87. The first kappa shape index (κ1) is 29.5. The normalized spacial score (nSPS) is 11.5. The summed E-state index contributed by atoms with van der Waals surface area (Å²) in [6.07, 6.45) is 6.67. The Labute approximate surface area is 271 Å². The van der Waals surface area contributed by atoms with E-state index in [-0.39, 0.29) is 0 Å². The molecule has 46 heavy (non-hydrogen) atoms. The van der Waals surface area contributed by atoms with Crippen LogP contribution in [0.25, 0.3) is 44.4 Å². The Bertz CT molecular complexity index is 2190. The van der Waals surface area contributed by atoms with Crippen LogP contribution in [0.2, 0.25) is 0 Å². The lowest BCUT2D eigenvalue weighted by Crippen LogP contribution is -2.00.